The van der Waals surface area contributed by atoms with E-state index in [2.05, 4.69) is 38.9 Å². The minimum Gasteiger partial charge on any atom is -0.293 e. The van der Waals surface area contributed by atoms with Gasteiger partial charge in [0, 0.05) is 29.5 Å². The molecule has 0 atom stereocenters. The lowest BCUT2D eigenvalue weighted by molar-refractivity contribution is 0.270. The molecule has 0 aliphatic heterocycles. The summed E-state index contributed by atoms with van der Waals surface area (Å²) in [7, 11) is 0. The summed E-state index contributed by atoms with van der Waals surface area (Å²) >= 11 is 9.01. The first-order chi connectivity index (χ1) is 7.79. The molecule has 2 rings (SSSR count). The summed E-state index contributed by atoms with van der Waals surface area (Å²) in [5.74, 6) is 0. The zero-order chi connectivity index (χ0) is 11.4. The van der Waals surface area contributed by atoms with Gasteiger partial charge < -0.3 is 0 Å². The van der Waals surface area contributed by atoms with Crippen LogP contribution in [0.25, 0.3) is 0 Å². The Morgan fingerprint density at radius 3 is 2.88 bits per heavy atom. The highest BCUT2D eigenvalue weighted by atomic mass is 35.5. The number of rotatable bonds is 5. The van der Waals surface area contributed by atoms with Crippen LogP contribution in [0.1, 0.15) is 17.5 Å². The van der Waals surface area contributed by atoms with Crippen molar-refractivity contribution >= 4 is 34.5 Å². The zero-order valence-electron chi connectivity index (χ0n) is 8.89. The first-order valence-electron chi connectivity index (χ1n) is 5.01. The number of hydrogen-bond donors (Lipinski definition) is 0. The summed E-state index contributed by atoms with van der Waals surface area (Å²) in [6.45, 7) is 4.83. The normalized spacial score (nSPS) is 11.2. The first-order valence-corrected chi connectivity index (χ1v) is 7.04. The molecule has 6 heteroatoms. The fourth-order valence-electron chi connectivity index (χ4n) is 1.41. The van der Waals surface area contributed by atoms with E-state index >= 15 is 0 Å². The zero-order valence-corrected chi connectivity index (χ0v) is 11.3. The molecule has 2 aromatic rings. The Balaban J connectivity index is 1.98. The fourth-order valence-corrected chi connectivity index (χ4v) is 2.76. The first kappa shape index (κ1) is 12.0. The van der Waals surface area contributed by atoms with E-state index in [1.165, 1.54) is 16.4 Å². The molecule has 0 aliphatic rings. The van der Waals surface area contributed by atoms with Gasteiger partial charge in [-0.05, 0) is 18.0 Å². The third-order valence-electron chi connectivity index (χ3n) is 2.29. The summed E-state index contributed by atoms with van der Waals surface area (Å²) in [6, 6.07) is 4.22. The maximum atomic E-state index is 5.99. The van der Waals surface area contributed by atoms with Crippen molar-refractivity contribution in [3.05, 3.63) is 32.4 Å². The van der Waals surface area contributed by atoms with E-state index < -0.39 is 0 Å². The van der Waals surface area contributed by atoms with Crippen molar-refractivity contribution in [2.24, 2.45) is 0 Å². The second-order valence-electron chi connectivity index (χ2n) is 3.38. The van der Waals surface area contributed by atoms with Gasteiger partial charge in [0.2, 0.25) is 0 Å². The molecule has 0 aliphatic carbocycles. The molecule has 0 fully saturated rings. The van der Waals surface area contributed by atoms with Crippen LogP contribution in [0.4, 0.5) is 0 Å². The highest BCUT2D eigenvalue weighted by molar-refractivity contribution is 7.10. The molecule has 0 amide bonds. The fraction of sp³-hybridized carbons (Fsp3) is 0.400. The number of thiophene rings is 1. The third kappa shape index (κ3) is 3.01. The van der Waals surface area contributed by atoms with Gasteiger partial charge in [0.15, 0.2) is 0 Å². The van der Waals surface area contributed by atoms with Crippen molar-refractivity contribution in [1.29, 1.82) is 0 Å². The Labute approximate surface area is 108 Å². The van der Waals surface area contributed by atoms with Crippen LogP contribution in [0.15, 0.2) is 17.5 Å². The number of hydrogen-bond acceptors (Lipinski definition) is 5. The molecule has 0 saturated heterocycles. The van der Waals surface area contributed by atoms with Crippen molar-refractivity contribution in [2.75, 3.05) is 6.54 Å². The SMILES string of the molecule is CCN(Cc1cccs1)Cc1nnsc1Cl. The van der Waals surface area contributed by atoms with Crippen molar-refractivity contribution in [2.45, 2.75) is 20.0 Å². The van der Waals surface area contributed by atoms with Crippen LogP contribution in [0.2, 0.25) is 4.34 Å². The third-order valence-corrected chi connectivity index (χ3v) is 4.14. The molecule has 0 saturated carbocycles. The van der Waals surface area contributed by atoms with Crippen LogP contribution in [-0.2, 0) is 13.1 Å². The average molecular weight is 274 g/mol. The van der Waals surface area contributed by atoms with Gasteiger partial charge in [-0.15, -0.1) is 16.4 Å². The Morgan fingerprint density at radius 2 is 2.31 bits per heavy atom. The Morgan fingerprint density at radius 1 is 1.44 bits per heavy atom. The van der Waals surface area contributed by atoms with Crippen LogP contribution in [0.3, 0.4) is 0 Å². The summed E-state index contributed by atoms with van der Waals surface area (Å²) in [6.07, 6.45) is 0. The molecule has 0 bridgehead atoms. The number of halogens is 1. The monoisotopic (exact) mass is 273 g/mol. The van der Waals surface area contributed by atoms with Gasteiger partial charge >= 0.3 is 0 Å². The van der Waals surface area contributed by atoms with E-state index in [4.69, 9.17) is 11.6 Å². The van der Waals surface area contributed by atoms with Crippen LogP contribution < -0.4 is 0 Å². The molecule has 2 heterocycles. The van der Waals surface area contributed by atoms with Crippen molar-refractivity contribution in [1.82, 2.24) is 14.5 Å². The van der Waals surface area contributed by atoms with Crippen molar-refractivity contribution in [3.63, 3.8) is 0 Å². The van der Waals surface area contributed by atoms with E-state index in [1.54, 1.807) is 11.3 Å². The van der Waals surface area contributed by atoms with Crippen molar-refractivity contribution < 1.29 is 0 Å². The highest BCUT2D eigenvalue weighted by Gasteiger charge is 2.11. The van der Waals surface area contributed by atoms with E-state index in [-0.39, 0.29) is 0 Å². The molecule has 0 N–H and O–H groups in total. The number of aromatic nitrogens is 2. The Hall–Kier alpha value is -0.490. The molecule has 0 radical (unpaired) electrons. The van der Waals surface area contributed by atoms with Crippen LogP contribution in [0, 0.1) is 0 Å². The van der Waals surface area contributed by atoms with Gasteiger partial charge in [0.05, 0.1) is 0 Å². The molecule has 86 valence electrons. The average Bonchev–Trinajstić information content (AvgIpc) is 2.90. The van der Waals surface area contributed by atoms with Gasteiger partial charge in [-0.1, -0.05) is 29.1 Å². The smallest absolute Gasteiger partial charge is 0.138 e. The molecule has 0 unspecified atom stereocenters. The van der Waals surface area contributed by atoms with Gasteiger partial charge in [-0.2, -0.15) is 0 Å². The van der Waals surface area contributed by atoms with Crippen LogP contribution in [-0.4, -0.2) is 21.0 Å². The quantitative estimate of drug-likeness (QED) is 0.837. The second-order valence-corrected chi connectivity index (χ2v) is 5.76. The van der Waals surface area contributed by atoms with E-state index in [0.717, 1.165) is 25.3 Å². The van der Waals surface area contributed by atoms with Crippen LogP contribution in [0.5, 0.6) is 0 Å². The van der Waals surface area contributed by atoms with Gasteiger partial charge in [-0.25, -0.2) is 0 Å². The van der Waals surface area contributed by atoms with Crippen LogP contribution >= 0.6 is 34.5 Å². The summed E-state index contributed by atoms with van der Waals surface area (Å²) in [4.78, 5) is 3.66. The molecular weight excluding hydrogens is 262 g/mol. The molecule has 2 aromatic heterocycles. The van der Waals surface area contributed by atoms with E-state index in [0.29, 0.717) is 4.34 Å². The lowest BCUT2D eigenvalue weighted by Crippen LogP contribution is -2.22. The second kappa shape index (κ2) is 5.72. The highest BCUT2D eigenvalue weighted by Crippen LogP contribution is 2.20. The largest absolute Gasteiger partial charge is 0.293 e. The Bertz CT molecular complexity index is 427. The van der Waals surface area contributed by atoms with Gasteiger partial charge in [-0.3, -0.25) is 4.90 Å². The lowest BCUT2D eigenvalue weighted by Gasteiger charge is -2.17. The van der Waals surface area contributed by atoms with Gasteiger partial charge in [0.1, 0.15) is 10.0 Å². The van der Waals surface area contributed by atoms with Crippen molar-refractivity contribution in [3.8, 4) is 0 Å². The van der Waals surface area contributed by atoms with E-state index in [1.807, 2.05) is 0 Å². The molecule has 16 heavy (non-hydrogen) atoms. The molecular formula is C10H12ClN3S2. The summed E-state index contributed by atoms with van der Waals surface area (Å²) in [5.41, 5.74) is 0.880. The maximum absolute atomic E-state index is 5.99. The molecule has 3 nitrogen and oxygen atoms in total. The lowest BCUT2D eigenvalue weighted by atomic mass is 10.3. The predicted octanol–water partition coefficient (Wildman–Crippen LogP) is 3.28. The predicted molar refractivity (Wildman–Crippen MR) is 69.0 cm³/mol. The summed E-state index contributed by atoms with van der Waals surface area (Å²) < 4.78 is 4.54. The standard InChI is InChI=1S/C10H12ClN3S2/c1-2-14(6-8-4-3-5-15-8)7-9-10(11)16-13-12-9/h3-5H,2,6-7H2,1H3. The summed E-state index contributed by atoms with van der Waals surface area (Å²) in [5, 5.41) is 6.13. The molecule has 0 spiro atoms. The minimum atomic E-state index is 0.699. The topological polar surface area (TPSA) is 29.0 Å². The molecule has 0 aromatic carbocycles. The van der Waals surface area contributed by atoms with E-state index in [9.17, 15) is 0 Å². The maximum Gasteiger partial charge on any atom is 0.138 e. The van der Waals surface area contributed by atoms with Gasteiger partial charge in [0.25, 0.3) is 0 Å². The number of nitrogens with zero attached hydrogens (tertiary/aromatic N) is 3. The minimum absolute atomic E-state index is 0.699. The Kier molecular flexibility index (Phi) is 4.29.